The van der Waals surface area contributed by atoms with Crippen LogP contribution in [0.5, 0.6) is 11.5 Å². The lowest BCUT2D eigenvalue weighted by atomic mass is 9.84. The molecule has 0 aromatic heterocycles. The van der Waals surface area contributed by atoms with E-state index < -0.39 is 110 Å². The molecule has 8 bridgehead atoms. The number of aliphatic hydroxyl groups is 1. The number of amides is 4. The summed E-state index contributed by atoms with van der Waals surface area (Å²) in [6.07, 6.45) is 0.680. The number of nitrogens with zero attached hydrogens (tertiary/aromatic N) is 2. The van der Waals surface area contributed by atoms with E-state index in [0.29, 0.717) is 27.0 Å². The van der Waals surface area contributed by atoms with Crippen LogP contribution in [0.25, 0.3) is 10.8 Å². The largest absolute Gasteiger partial charge is 0.488 e. The molecule has 63 heavy (non-hydrogen) atoms. The highest BCUT2D eigenvalue weighted by Gasteiger charge is 2.47. The summed E-state index contributed by atoms with van der Waals surface area (Å²) in [6.45, 7) is 12.5. The Kier molecular flexibility index (Phi) is 11.2. The van der Waals surface area contributed by atoms with E-state index in [-0.39, 0.29) is 60.1 Å². The molecule has 6 aliphatic heterocycles. The average molecular weight is 903 g/mol. The minimum absolute atomic E-state index is 0.0702. The number of hydrogen-bond donors (Lipinski definition) is 1. The van der Waals surface area contributed by atoms with Crippen molar-refractivity contribution in [2.24, 2.45) is 0 Å². The van der Waals surface area contributed by atoms with Gasteiger partial charge >= 0.3 is 5.97 Å². The molecule has 332 valence electrons. The fourth-order valence-corrected chi connectivity index (χ4v) is 9.79. The predicted molar refractivity (Wildman–Crippen MR) is 231 cm³/mol. The van der Waals surface area contributed by atoms with Crippen molar-refractivity contribution in [3.63, 3.8) is 0 Å². The number of anilines is 2. The first-order valence-electron chi connectivity index (χ1n) is 20.1. The lowest BCUT2D eigenvalue weighted by molar-refractivity contribution is -0.139. The van der Waals surface area contributed by atoms with E-state index in [1.54, 1.807) is 12.1 Å². The predicted octanol–water partition coefficient (Wildman–Crippen LogP) is 6.35. The van der Waals surface area contributed by atoms with Crippen LogP contribution in [-0.4, -0.2) is 89.5 Å². The number of carbonyl (C=O) groups excluding carboxylic acids is 5. The Labute approximate surface area is 364 Å². The summed E-state index contributed by atoms with van der Waals surface area (Å²) in [6, 6.07) is 11.2. The third kappa shape index (κ3) is 7.79. The number of sulfone groups is 2. The summed E-state index contributed by atoms with van der Waals surface area (Å²) in [4.78, 5) is 73.2. The molecule has 0 radical (unpaired) electrons. The maximum Gasteiger partial charge on any atom is 0.338 e. The van der Waals surface area contributed by atoms with Crippen molar-refractivity contribution >= 4 is 71.4 Å². The van der Waals surface area contributed by atoms with Crippen LogP contribution in [0.4, 0.5) is 11.4 Å². The van der Waals surface area contributed by atoms with E-state index in [9.17, 15) is 26.7 Å². The van der Waals surface area contributed by atoms with Crippen molar-refractivity contribution in [3.8, 4) is 11.5 Å². The van der Waals surface area contributed by atoms with Crippen LogP contribution in [0.15, 0.2) is 70.3 Å². The zero-order valence-corrected chi connectivity index (χ0v) is 37.5. The Bertz CT molecular complexity index is 2940. The maximum absolute atomic E-state index is 15.2. The summed E-state index contributed by atoms with van der Waals surface area (Å²) in [5.74, 6) is -7.57. The number of fused-ring (bicyclic) bond motifs is 2. The molecule has 4 aromatic rings. The molecule has 0 spiro atoms. The lowest BCUT2D eigenvalue weighted by Crippen LogP contribution is -2.45. The smallest absolute Gasteiger partial charge is 0.338 e. The molecule has 0 aliphatic carbocycles. The van der Waals surface area contributed by atoms with Gasteiger partial charge in [0.15, 0.2) is 19.7 Å². The van der Waals surface area contributed by atoms with Crippen LogP contribution >= 0.6 is 0 Å². The van der Waals surface area contributed by atoms with Gasteiger partial charge in [0.05, 0.1) is 54.9 Å². The van der Waals surface area contributed by atoms with Gasteiger partial charge in [-0.1, -0.05) is 67.5 Å². The summed E-state index contributed by atoms with van der Waals surface area (Å²) < 4.78 is 79.2. The van der Waals surface area contributed by atoms with Crippen molar-refractivity contribution in [1.82, 2.24) is 0 Å². The zero-order valence-electron chi connectivity index (χ0n) is 35.9. The highest BCUT2D eigenvalue weighted by molar-refractivity contribution is 7.91. The molecular weight excluding hydrogens is 857 g/mol. The molecule has 0 fully saturated rings. The first kappa shape index (κ1) is 44.8. The fourth-order valence-electron chi connectivity index (χ4n) is 7.57. The first-order chi connectivity index (χ1) is 29.4. The molecule has 1 N–H and O–H groups in total. The number of rotatable bonds is 4. The molecule has 18 heteroatoms. The van der Waals surface area contributed by atoms with Crippen LogP contribution in [0.2, 0.25) is 0 Å². The van der Waals surface area contributed by atoms with Gasteiger partial charge in [-0.2, -0.15) is 0 Å². The zero-order chi connectivity index (χ0) is 46.1. The van der Waals surface area contributed by atoms with Gasteiger partial charge in [0.25, 0.3) is 29.6 Å². The molecule has 6 aliphatic rings. The van der Waals surface area contributed by atoms with Gasteiger partial charge in [-0.15, -0.1) is 0 Å². The van der Waals surface area contributed by atoms with Gasteiger partial charge in [-0.05, 0) is 58.4 Å². The normalized spacial score (nSPS) is 17.3. The van der Waals surface area contributed by atoms with Crippen molar-refractivity contribution in [2.75, 3.05) is 47.7 Å². The standard InChI is InChI=1S/C45H46N2O14S2/c1-9-62(54,55)32-21-26-37-36-27-22-33(63(56,57)10-2)39(37)43(53)47(40(26)50)29-20-25(45(6,7)8)12-14-31(29)59-16-18-61-35(49)23-34(48)60-17-15-58-30-13-11-24(44(3,4)5)19-28(30)46(41(27)51)42(52)38(32)36/h11-14,19-23,48H,9-10,15-18H2,1-8H3/b34-23-. The number of ether oxygens (including phenoxy) is 4. The van der Waals surface area contributed by atoms with Crippen LogP contribution in [0, 0.1) is 0 Å². The molecule has 0 unspecified atom stereocenters. The van der Waals surface area contributed by atoms with Crippen LogP contribution in [0.3, 0.4) is 0 Å². The number of hydrogen-bond acceptors (Lipinski definition) is 14. The van der Waals surface area contributed by atoms with E-state index in [4.69, 9.17) is 18.9 Å². The van der Waals surface area contributed by atoms with E-state index in [1.165, 1.54) is 38.1 Å². The van der Waals surface area contributed by atoms with Crippen LogP contribution < -0.4 is 19.3 Å². The molecule has 4 amide bonds. The van der Waals surface area contributed by atoms with Gasteiger partial charge in [0.2, 0.25) is 0 Å². The minimum atomic E-state index is -4.45. The Morgan fingerprint density at radius 1 is 0.556 bits per heavy atom. The topological polar surface area (TPSA) is 217 Å². The van der Waals surface area contributed by atoms with Crippen molar-refractivity contribution in [3.05, 3.63) is 93.9 Å². The molecule has 4 aromatic carbocycles. The Morgan fingerprint density at radius 3 is 1.32 bits per heavy atom. The number of imide groups is 2. The number of aliphatic hydroxyl groups excluding tert-OH is 1. The van der Waals surface area contributed by atoms with Gasteiger partial charge in [0.1, 0.15) is 44.0 Å². The maximum atomic E-state index is 15.2. The summed E-state index contributed by atoms with van der Waals surface area (Å²) in [7, 11) is -8.89. The number of carbonyl (C=O) groups is 5. The van der Waals surface area contributed by atoms with Crippen LogP contribution in [-0.2, 0) is 44.8 Å². The highest BCUT2D eigenvalue weighted by atomic mass is 32.2. The summed E-state index contributed by atoms with van der Waals surface area (Å²) in [5.41, 5.74) is -2.25. The van der Waals surface area contributed by atoms with Crippen molar-refractivity contribution in [2.45, 2.75) is 76.0 Å². The Balaban J connectivity index is 1.61. The minimum Gasteiger partial charge on any atom is -0.488 e. The molecule has 0 saturated heterocycles. The summed E-state index contributed by atoms with van der Waals surface area (Å²) in [5, 5.41) is 9.58. The highest BCUT2D eigenvalue weighted by Crippen LogP contribution is 2.48. The van der Waals surface area contributed by atoms with Gasteiger partial charge < -0.3 is 24.1 Å². The molecule has 0 atom stereocenters. The molecule has 0 saturated carbocycles. The SMILES string of the molecule is CCS(=O)(=O)c1cc2c3c4c(S(=O)(=O)CC)cc5c3c1C(=O)N(C5=O)c1cc(C(C)(C)C)ccc1OCCOC(=O)/C=C(/O)OCCOc1ccc(C(C)(C)C)cc1N(C2=O)C4=O. The lowest BCUT2D eigenvalue weighted by Gasteiger charge is -2.35. The number of esters is 1. The summed E-state index contributed by atoms with van der Waals surface area (Å²) >= 11 is 0. The second-order valence-corrected chi connectivity index (χ2v) is 21.6. The monoisotopic (exact) mass is 902 g/mol. The molecule has 10 rings (SSSR count). The molecular formula is C45H46N2O14S2. The van der Waals surface area contributed by atoms with Gasteiger partial charge in [-0.3, -0.25) is 19.2 Å². The Hall–Kier alpha value is -6.27. The Morgan fingerprint density at radius 2 is 0.937 bits per heavy atom. The average Bonchev–Trinajstić information content (AvgIpc) is 3.21. The van der Waals surface area contributed by atoms with E-state index >= 15 is 19.2 Å². The van der Waals surface area contributed by atoms with Crippen molar-refractivity contribution < 1.29 is 64.9 Å². The second-order valence-electron chi connectivity index (χ2n) is 17.1. The second kappa shape index (κ2) is 15.8. The first-order valence-corrected chi connectivity index (χ1v) is 23.4. The quantitative estimate of drug-likeness (QED) is 0.174. The number of benzene rings is 4. The molecule has 16 nitrogen and oxygen atoms in total. The van der Waals surface area contributed by atoms with E-state index in [1.807, 2.05) is 41.5 Å². The van der Waals surface area contributed by atoms with Crippen molar-refractivity contribution in [1.29, 1.82) is 0 Å². The van der Waals surface area contributed by atoms with Gasteiger partial charge in [0, 0.05) is 10.8 Å². The third-order valence-electron chi connectivity index (χ3n) is 11.0. The third-order valence-corrected chi connectivity index (χ3v) is 14.5. The fraction of sp³-hybridized carbons (Fsp3) is 0.356. The van der Waals surface area contributed by atoms with Crippen LogP contribution in [0.1, 0.15) is 108 Å². The van der Waals surface area contributed by atoms with E-state index in [0.717, 1.165) is 12.1 Å². The molecule has 6 heterocycles. The van der Waals surface area contributed by atoms with E-state index in [2.05, 4.69) is 0 Å². The van der Waals surface area contributed by atoms with Gasteiger partial charge in [-0.25, -0.2) is 31.4 Å².